The van der Waals surface area contributed by atoms with Gasteiger partial charge in [0.1, 0.15) is 11.5 Å². The van der Waals surface area contributed by atoms with Gasteiger partial charge in [-0.2, -0.15) is 0 Å². The van der Waals surface area contributed by atoms with E-state index >= 15 is 0 Å². The smallest absolute Gasteiger partial charge is 0.274 e. The number of anilines is 1. The maximum Gasteiger partial charge on any atom is 0.274 e. The number of nitrogens with zero attached hydrogens (tertiary/aromatic N) is 4. The molecule has 1 atom stereocenters. The molecule has 0 saturated carbocycles. The second kappa shape index (κ2) is 8.22. The first-order valence-corrected chi connectivity index (χ1v) is 8.82. The summed E-state index contributed by atoms with van der Waals surface area (Å²) >= 11 is 0. The lowest BCUT2D eigenvalue weighted by atomic mass is 10.2. The SMILES string of the molecule is Cc1ccc(NC(=O)C(C)N2CCN(C(=O)c3cnccn3)CC2)cc1F. The average molecular weight is 371 g/mol. The summed E-state index contributed by atoms with van der Waals surface area (Å²) in [4.78, 5) is 36.5. The van der Waals surface area contributed by atoms with Crippen LogP contribution in [0.2, 0.25) is 0 Å². The van der Waals surface area contributed by atoms with Crippen LogP contribution in [0.15, 0.2) is 36.8 Å². The fourth-order valence-electron chi connectivity index (χ4n) is 2.97. The van der Waals surface area contributed by atoms with Crippen LogP contribution in [0.4, 0.5) is 10.1 Å². The Labute approximate surface area is 157 Å². The topological polar surface area (TPSA) is 78.4 Å². The minimum atomic E-state index is -0.386. The highest BCUT2D eigenvalue weighted by atomic mass is 19.1. The maximum absolute atomic E-state index is 13.6. The number of nitrogens with one attached hydrogen (secondary N) is 1. The van der Waals surface area contributed by atoms with Crippen LogP contribution in [0, 0.1) is 12.7 Å². The summed E-state index contributed by atoms with van der Waals surface area (Å²) in [6.07, 6.45) is 4.46. The van der Waals surface area contributed by atoms with Crippen molar-refractivity contribution < 1.29 is 14.0 Å². The molecule has 1 aromatic carbocycles. The van der Waals surface area contributed by atoms with Crippen LogP contribution in [0.1, 0.15) is 23.0 Å². The molecule has 0 radical (unpaired) electrons. The first-order valence-electron chi connectivity index (χ1n) is 8.82. The number of aryl methyl sites for hydroxylation is 1. The minimum absolute atomic E-state index is 0.157. The summed E-state index contributed by atoms with van der Waals surface area (Å²) in [5.41, 5.74) is 1.29. The molecule has 2 amide bonds. The van der Waals surface area contributed by atoms with E-state index in [1.165, 1.54) is 24.7 Å². The third-order valence-electron chi connectivity index (χ3n) is 4.75. The number of rotatable bonds is 4. The van der Waals surface area contributed by atoms with Crippen LogP contribution in [0.25, 0.3) is 0 Å². The number of hydrogen-bond donors (Lipinski definition) is 1. The number of piperazine rings is 1. The number of hydrogen-bond acceptors (Lipinski definition) is 5. The lowest BCUT2D eigenvalue weighted by Crippen LogP contribution is -2.54. The second-order valence-corrected chi connectivity index (χ2v) is 6.55. The van der Waals surface area contributed by atoms with Crippen molar-refractivity contribution in [3.8, 4) is 0 Å². The molecule has 0 aliphatic carbocycles. The largest absolute Gasteiger partial charge is 0.335 e. The highest BCUT2D eigenvalue weighted by Crippen LogP contribution is 2.15. The molecular weight excluding hydrogens is 349 g/mol. The Balaban J connectivity index is 1.54. The molecule has 1 fully saturated rings. The van der Waals surface area contributed by atoms with Crippen LogP contribution in [0.5, 0.6) is 0 Å². The molecule has 1 unspecified atom stereocenters. The van der Waals surface area contributed by atoms with Gasteiger partial charge in [-0.3, -0.25) is 19.5 Å². The average Bonchev–Trinajstić information content (AvgIpc) is 2.70. The van der Waals surface area contributed by atoms with E-state index in [-0.39, 0.29) is 23.7 Å². The van der Waals surface area contributed by atoms with Crippen LogP contribution in [-0.4, -0.2) is 63.8 Å². The summed E-state index contributed by atoms with van der Waals surface area (Å²) in [6, 6.07) is 4.24. The van der Waals surface area contributed by atoms with Gasteiger partial charge in [0.25, 0.3) is 5.91 Å². The van der Waals surface area contributed by atoms with E-state index in [0.29, 0.717) is 43.1 Å². The van der Waals surface area contributed by atoms with Gasteiger partial charge in [-0.05, 0) is 31.5 Å². The van der Waals surface area contributed by atoms with E-state index in [1.54, 1.807) is 30.9 Å². The number of aromatic nitrogens is 2. The van der Waals surface area contributed by atoms with E-state index in [2.05, 4.69) is 15.3 Å². The fourth-order valence-corrected chi connectivity index (χ4v) is 2.97. The molecule has 3 rings (SSSR count). The van der Waals surface area contributed by atoms with Crippen molar-refractivity contribution >= 4 is 17.5 Å². The van der Waals surface area contributed by atoms with E-state index in [9.17, 15) is 14.0 Å². The second-order valence-electron chi connectivity index (χ2n) is 6.55. The number of carbonyl (C=O) groups is 2. The molecule has 8 heteroatoms. The van der Waals surface area contributed by atoms with E-state index in [0.717, 1.165) is 0 Å². The van der Waals surface area contributed by atoms with Crippen molar-refractivity contribution in [2.75, 3.05) is 31.5 Å². The molecule has 1 aliphatic heterocycles. The van der Waals surface area contributed by atoms with Crippen LogP contribution >= 0.6 is 0 Å². The Hall–Kier alpha value is -2.87. The number of carbonyl (C=O) groups excluding carboxylic acids is 2. The third-order valence-corrected chi connectivity index (χ3v) is 4.75. The van der Waals surface area contributed by atoms with Gasteiger partial charge in [-0.25, -0.2) is 9.37 Å². The van der Waals surface area contributed by atoms with Gasteiger partial charge in [-0.1, -0.05) is 6.07 Å². The van der Waals surface area contributed by atoms with E-state index in [4.69, 9.17) is 0 Å². The Kier molecular flexibility index (Phi) is 5.75. The summed E-state index contributed by atoms with van der Waals surface area (Å²) in [5, 5.41) is 2.75. The lowest BCUT2D eigenvalue weighted by molar-refractivity contribution is -0.121. The summed E-state index contributed by atoms with van der Waals surface area (Å²) < 4.78 is 13.6. The molecule has 27 heavy (non-hydrogen) atoms. The molecule has 1 N–H and O–H groups in total. The molecule has 1 aromatic heterocycles. The van der Waals surface area contributed by atoms with Gasteiger partial charge in [0, 0.05) is 44.3 Å². The quantitative estimate of drug-likeness (QED) is 0.885. The van der Waals surface area contributed by atoms with Crippen LogP contribution in [0.3, 0.4) is 0 Å². The van der Waals surface area contributed by atoms with Gasteiger partial charge >= 0.3 is 0 Å². The minimum Gasteiger partial charge on any atom is -0.335 e. The molecular formula is C19H22FN5O2. The van der Waals surface area contributed by atoms with Crippen molar-refractivity contribution in [1.29, 1.82) is 0 Å². The molecule has 1 saturated heterocycles. The fraction of sp³-hybridized carbons (Fsp3) is 0.368. The summed E-state index contributed by atoms with van der Waals surface area (Å²) in [6.45, 7) is 5.63. The number of benzene rings is 1. The summed E-state index contributed by atoms with van der Waals surface area (Å²) in [7, 11) is 0. The van der Waals surface area contributed by atoms with Crippen LogP contribution < -0.4 is 5.32 Å². The zero-order chi connectivity index (χ0) is 19.4. The van der Waals surface area contributed by atoms with Crippen molar-refractivity contribution in [2.45, 2.75) is 19.9 Å². The van der Waals surface area contributed by atoms with Crippen LogP contribution in [-0.2, 0) is 4.79 Å². The zero-order valence-electron chi connectivity index (χ0n) is 15.4. The Morgan fingerprint density at radius 2 is 1.93 bits per heavy atom. The predicted molar refractivity (Wildman–Crippen MR) is 98.7 cm³/mol. The molecule has 2 heterocycles. The zero-order valence-corrected chi connectivity index (χ0v) is 15.4. The predicted octanol–water partition coefficient (Wildman–Crippen LogP) is 1.71. The van der Waals surface area contributed by atoms with E-state index < -0.39 is 0 Å². The Morgan fingerprint density at radius 3 is 2.56 bits per heavy atom. The van der Waals surface area contributed by atoms with Gasteiger partial charge in [0.15, 0.2) is 0 Å². The highest BCUT2D eigenvalue weighted by Gasteiger charge is 2.28. The molecule has 2 aromatic rings. The van der Waals surface area contributed by atoms with E-state index in [1.807, 2.05) is 4.90 Å². The van der Waals surface area contributed by atoms with Gasteiger partial charge in [-0.15, -0.1) is 0 Å². The maximum atomic E-state index is 13.6. The van der Waals surface area contributed by atoms with Crippen molar-refractivity contribution in [1.82, 2.24) is 19.8 Å². The first kappa shape index (κ1) is 18.9. The lowest BCUT2D eigenvalue weighted by Gasteiger charge is -2.37. The molecule has 0 bridgehead atoms. The molecule has 7 nitrogen and oxygen atoms in total. The Bertz CT molecular complexity index is 822. The molecule has 0 spiro atoms. The number of halogens is 1. The molecule has 142 valence electrons. The Morgan fingerprint density at radius 1 is 1.19 bits per heavy atom. The van der Waals surface area contributed by atoms with Crippen molar-refractivity contribution in [3.63, 3.8) is 0 Å². The van der Waals surface area contributed by atoms with Crippen molar-refractivity contribution in [3.05, 3.63) is 53.9 Å². The summed E-state index contributed by atoms with van der Waals surface area (Å²) in [5.74, 6) is -0.710. The standard InChI is InChI=1S/C19H22FN5O2/c1-13-3-4-15(11-16(13)20)23-18(26)14(2)24-7-9-25(10-8-24)19(27)17-12-21-5-6-22-17/h3-6,11-12,14H,7-10H2,1-2H3,(H,23,26). The molecule has 1 aliphatic rings. The van der Waals surface area contributed by atoms with Crippen molar-refractivity contribution in [2.24, 2.45) is 0 Å². The third kappa shape index (κ3) is 4.46. The monoisotopic (exact) mass is 371 g/mol. The highest BCUT2D eigenvalue weighted by molar-refractivity contribution is 5.94. The first-order chi connectivity index (χ1) is 13.0. The van der Waals surface area contributed by atoms with Gasteiger partial charge in [0.2, 0.25) is 5.91 Å². The normalized spacial score (nSPS) is 16.0. The van der Waals surface area contributed by atoms with Gasteiger partial charge < -0.3 is 10.2 Å². The number of amides is 2. The van der Waals surface area contributed by atoms with Gasteiger partial charge in [0.05, 0.1) is 12.2 Å².